The average Bonchev–Trinajstić information content (AvgIpc) is 2.42. The number of rotatable bonds is 10. The average molecular weight is 288 g/mol. The van der Waals surface area contributed by atoms with Gasteiger partial charge in [-0.15, -0.1) is 0 Å². The summed E-state index contributed by atoms with van der Waals surface area (Å²) in [6.07, 6.45) is 5.68. The zero-order valence-corrected chi connectivity index (χ0v) is 12.0. The molecule has 0 aliphatic carbocycles. The highest BCUT2D eigenvalue weighted by Crippen LogP contribution is 2.21. The number of para-hydroxylation sites is 1. The quantitative estimate of drug-likeness (QED) is 0.521. The number of hydrogen-bond donors (Lipinski definition) is 0. The minimum atomic E-state index is -1.18. The maximum Gasteiger partial charge on any atom is 0.190 e. The molecular weight excluding hydrogens is 265 g/mol. The maximum absolute atomic E-state index is 13.6. The molecule has 0 saturated heterocycles. The van der Waals surface area contributed by atoms with Crippen molar-refractivity contribution >= 4 is 0 Å². The van der Waals surface area contributed by atoms with Crippen LogP contribution in [0.3, 0.4) is 0 Å². The molecule has 20 heavy (non-hydrogen) atoms. The fourth-order valence-corrected chi connectivity index (χ4v) is 2.02. The fourth-order valence-electron chi connectivity index (χ4n) is 2.02. The lowest BCUT2D eigenvalue weighted by molar-refractivity contribution is 0.173. The van der Waals surface area contributed by atoms with Crippen LogP contribution in [0.15, 0.2) is 18.2 Å². The first-order chi connectivity index (χ1) is 9.65. The molecule has 114 valence electrons. The normalized spacial score (nSPS) is 12.4. The molecule has 0 amide bonds. The van der Waals surface area contributed by atoms with E-state index in [-0.39, 0.29) is 6.61 Å². The minimum Gasteiger partial charge on any atom is -0.485 e. The second-order valence-electron chi connectivity index (χ2n) is 5.02. The molecule has 0 bridgehead atoms. The lowest BCUT2D eigenvalue weighted by Crippen LogP contribution is -2.14. The lowest BCUT2D eigenvalue weighted by Gasteiger charge is -2.11. The number of halogens is 3. The standard InChI is InChI=1S/C16H23F3O/c1-2-3-4-5-6-7-9-13(17)12-20-16-14(18)10-8-11-15(16)19/h8,10-11,13H,2-7,9,12H2,1H3. The molecule has 1 aromatic carbocycles. The smallest absolute Gasteiger partial charge is 0.190 e. The Morgan fingerprint density at radius 3 is 2.25 bits per heavy atom. The summed E-state index contributed by atoms with van der Waals surface area (Å²) < 4.78 is 44.9. The van der Waals surface area contributed by atoms with Crippen LogP contribution in [0, 0.1) is 11.6 Å². The highest BCUT2D eigenvalue weighted by atomic mass is 19.1. The third-order valence-electron chi connectivity index (χ3n) is 3.20. The van der Waals surface area contributed by atoms with E-state index >= 15 is 0 Å². The molecule has 0 aliphatic rings. The molecule has 0 aliphatic heterocycles. The van der Waals surface area contributed by atoms with Gasteiger partial charge in [-0.1, -0.05) is 51.5 Å². The van der Waals surface area contributed by atoms with E-state index in [0.29, 0.717) is 6.42 Å². The molecule has 0 N–H and O–H groups in total. The van der Waals surface area contributed by atoms with Crippen LogP contribution in [0.4, 0.5) is 13.2 Å². The topological polar surface area (TPSA) is 9.23 Å². The highest BCUT2D eigenvalue weighted by Gasteiger charge is 2.13. The third-order valence-corrected chi connectivity index (χ3v) is 3.20. The number of benzene rings is 1. The summed E-state index contributed by atoms with van der Waals surface area (Å²) in [5.41, 5.74) is 0. The summed E-state index contributed by atoms with van der Waals surface area (Å²) in [7, 11) is 0. The summed E-state index contributed by atoms with van der Waals surface area (Å²) >= 11 is 0. The molecule has 0 fully saturated rings. The third kappa shape index (κ3) is 6.31. The summed E-state index contributed by atoms with van der Waals surface area (Å²) in [5.74, 6) is -2.08. The summed E-state index contributed by atoms with van der Waals surface area (Å²) in [5, 5.41) is 0. The summed E-state index contributed by atoms with van der Waals surface area (Å²) in [6, 6.07) is 3.44. The van der Waals surface area contributed by atoms with Gasteiger partial charge in [0.05, 0.1) is 0 Å². The molecule has 0 radical (unpaired) electrons. The van der Waals surface area contributed by atoms with Crippen molar-refractivity contribution in [2.45, 2.75) is 58.0 Å². The van der Waals surface area contributed by atoms with Gasteiger partial charge < -0.3 is 4.74 Å². The Hall–Kier alpha value is -1.19. The number of alkyl halides is 1. The van der Waals surface area contributed by atoms with Gasteiger partial charge in [0.25, 0.3) is 0 Å². The number of ether oxygens (including phenoxy) is 1. The Labute approximate surface area is 119 Å². The van der Waals surface area contributed by atoms with Crippen molar-refractivity contribution in [3.8, 4) is 5.75 Å². The highest BCUT2D eigenvalue weighted by molar-refractivity contribution is 5.25. The fraction of sp³-hybridized carbons (Fsp3) is 0.625. The zero-order chi connectivity index (χ0) is 14.8. The van der Waals surface area contributed by atoms with Crippen LogP contribution in [0.2, 0.25) is 0 Å². The van der Waals surface area contributed by atoms with Crippen LogP contribution >= 0.6 is 0 Å². The molecule has 1 rings (SSSR count). The summed E-state index contributed by atoms with van der Waals surface area (Å²) in [6.45, 7) is 1.85. The van der Waals surface area contributed by atoms with Crippen molar-refractivity contribution in [3.05, 3.63) is 29.8 Å². The predicted molar refractivity (Wildman–Crippen MR) is 74.7 cm³/mol. The predicted octanol–water partition coefficient (Wildman–Crippen LogP) is 5.43. The van der Waals surface area contributed by atoms with Crippen molar-refractivity contribution in [1.29, 1.82) is 0 Å². The Morgan fingerprint density at radius 2 is 1.60 bits per heavy atom. The van der Waals surface area contributed by atoms with E-state index in [1.807, 2.05) is 0 Å². The van der Waals surface area contributed by atoms with E-state index in [9.17, 15) is 13.2 Å². The molecule has 1 atom stereocenters. The second kappa shape index (κ2) is 9.67. The first-order valence-electron chi connectivity index (χ1n) is 7.36. The van der Waals surface area contributed by atoms with Gasteiger partial charge >= 0.3 is 0 Å². The van der Waals surface area contributed by atoms with Crippen LogP contribution in [-0.4, -0.2) is 12.8 Å². The molecule has 0 aromatic heterocycles. The van der Waals surface area contributed by atoms with Crippen LogP contribution in [0.25, 0.3) is 0 Å². The Kier molecular flexibility index (Phi) is 8.16. The minimum absolute atomic E-state index is 0.299. The van der Waals surface area contributed by atoms with Crippen LogP contribution in [0.5, 0.6) is 5.75 Å². The van der Waals surface area contributed by atoms with Crippen molar-refractivity contribution in [2.75, 3.05) is 6.61 Å². The Balaban J connectivity index is 2.18. The lowest BCUT2D eigenvalue weighted by atomic mass is 10.1. The van der Waals surface area contributed by atoms with Gasteiger partial charge in [0, 0.05) is 0 Å². The van der Waals surface area contributed by atoms with Gasteiger partial charge in [-0.2, -0.15) is 0 Å². The van der Waals surface area contributed by atoms with Gasteiger partial charge in [-0.05, 0) is 18.6 Å². The molecule has 1 aromatic rings. The van der Waals surface area contributed by atoms with Gasteiger partial charge in [0.1, 0.15) is 12.8 Å². The van der Waals surface area contributed by atoms with Crippen LogP contribution < -0.4 is 4.74 Å². The van der Waals surface area contributed by atoms with Gasteiger partial charge in [0.15, 0.2) is 17.4 Å². The molecule has 1 unspecified atom stereocenters. The van der Waals surface area contributed by atoms with Crippen LogP contribution in [-0.2, 0) is 0 Å². The van der Waals surface area contributed by atoms with Crippen molar-refractivity contribution < 1.29 is 17.9 Å². The molecule has 4 heteroatoms. The van der Waals surface area contributed by atoms with Crippen molar-refractivity contribution in [1.82, 2.24) is 0 Å². The van der Waals surface area contributed by atoms with E-state index in [2.05, 4.69) is 6.92 Å². The van der Waals surface area contributed by atoms with E-state index < -0.39 is 23.6 Å². The molecular formula is C16H23F3O. The molecule has 1 nitrogen and oxygen atoms in total. The van der Waals surface area contributed by atoms with E-state index in [1.165, 1.54) is 25.3 Å². The monoisotopic (exact) mass is 288 g/mol. The SMILES string of the molecule is CCCCCCCCC(F)COc1c(F)cccc1F. The van der Waals surface area contributed by atoms with Gasteiger partial charge in [0.2, 0.25) is 0 Å². The second-order valence-corrected chi connectivity index (χ2v) is 5.02. The zero-order valence-electron chi connectivity index (χ0n) is 12.0. The first kappa shape index (κ1) is 16.9. The Bertz CT molecular complexity index is 362. The molecule has 0 heterocycles. The summed E-state index contributed by atoms with van der Waals surface area (Å²) in [4.78, 5) is 0. The first-order valence-corrected chi connectivity index (χ1v) is 7.36. The molecule has 0 spiro atoms. The Morgan fingerprint density at radius 1 is 1.00 bits per heavy atom. The largest absolute Gasteiger partial charge is 0.485 e. The molecule has 0 saturated carbocycles. The number of unbranched alkanes of at least 4 members (excludes halogenated alkanes) is 5. The van der Waals surface area contributed by atoms with Gasteiger partial charge in [-0.3, -0.25) is 0 Å². The van der Waals surface area contributed by atoms with Crippen molar-refractivity contribution in [3.63, 3.8) is 0 Å². The maximum atomic E-state index is 13.6. The van der Waals surface area contributed by atoms with E-state index in [1.54, 1.807) is 0 Å². The van der Waals surface area contributed by atoms with E-state index in [4.69, 9.17) is 4.74 Å². The van der Waals surface area contributed by atoms with Gasteiger partial charge in [-0.25, -0.2) is 13.2 Å². The number of hydrogen-bond acceptors (Lipinski definition) is 1. The van der Waals surface area contributed by atoms with E-state index in [0.717, 1.165) is 31.4 Å². The van der Waals surface area contributed by atoms with Crippen LogP contribution in [0.1, 0.15) is 51.9 Å². The van der Waals surface area contributed by atoms with Crippen molar-refractivity contribution in [2.24, 2.45) is 0 Å².